The number of carboxylic acid groups (broad SMARTS) is 1. The third-order valence-electron chi connectivity index (χ3n) is 3.68. The molecule has 5 heteroatoms. The van der Waals surface area contributed by atoms with E-state index in [1.54, 1.807) is 0 Å². The van der Waals surface area contributed by atoms with Crippen LogP contribution in [-0.4, -0.2) is 29.6 Å². The Balaban J connectivity index is 2.48. The monoisotopic (exact) mass is 256 g/mol. The summed E-state index contributed by atoms with van der Waals surface area (Å²) in [6.45, 7) is 4.21. The number of hydrogen-bond donors (Lipinski definition) is 3. The highest BCUT2D eigenvalue weighted by molar-refractivity contribution is 5.83. The number of aliphatic carboxylic acids is 1. The van der Waals surface area contributed by atoms with Crippen LogP contribution in [0.5, 0.6) is 0 Å². The molecular weight excluding hydrogens is 232 g/mol. The highest BCUT2D eigenvalue weighted by Crippen LogP contribution is 2.37. The maximum absolute atomic E-state index is 11.8. The topological polar surface area (TPSA) is 92.4 Å². The van der Waals surface area contributed by atoms with Crippen molar-refractivity contribution in [1.29, 1.82) is 0 Å². The quantitative estimate of drug-likeness (QED) is 0.664. The van der Waals surface area contributed by atoms with Crippen LogP contribution in [0.4, 0.5) is 0 Å². The fraction of sp³-hybridized carbons (Fsp3) is 0.846. The number of nitrogens with one attached hydrogen (secondary N) is 1. The summed E-state index contributed by atoms with van der Waals surface area (Å²) >= 11 is 0. The molecule has 104 valence electrons. The molecule has 0 aliphatic heterocycles. The zero-order chi connectivity index (χ0) is 13.8. The molecule has 0 aromatic carbocycles. The lowest BCUT2D eigenvalue weighted by molar-refractivity contribution is -0.148. The predicted molar refractivity (Wildman–Crippen MR) is 69.0 cm³/mol. The molecule has 1 saturated carbocycles. The Labute approximate surface area is 108 Å². The predicted octanol–water partition coefficient (Wildman–Crippen LogP) is 1.12. The minimum Gasteiger partial charge on any atom is -0.481 e. The van der Waals surface area contributed by atoms with Gasteiger partial charge in [0.15, 0.2) is 0 Å². The molecule has 0 aromatic rings. The van der Waals surface area contributed by atoms with E-state index in [4.69, 9.17) is 5.73 Å². The molecule has 5 nitrogen and oxygen atoms in total. The summed E-state index contributed by atoms with van der Waals surface area (Å²) in [6, 6.07) is -0.544. The van der Waals surface area contributed by atoms with E-state index in [2.05, 4.69) is 5.32 Å². The van der Waals surface area contributed by atoms with E-state index in [9.17, 15) is 14.7 Å². The Bertz CT molecular complexity index is 309. The van der Waals surface area contributed by atoms with E-state index in [0.29, 0.717) is 25.2 Å². The van der Waals surface area contributed by atoms with Crippen LogP contribution in [0.15, 0.2) is 0 Å². The summed E-state index contributed by atoms with van der Waals surface area (Å²) in [7, 11) is 0. The number of carbonyl (C=O) groups excluding carboxylic acids is 1. The molecule has 1 atom stereocenters. The summed E-state index contributed by atoms with van der Waals surface area (Å²) in [6.07, 6.45) is 3.73. The molecule has 18 heavy (non-hydrogen) atoms. The first-order chi connectivity index (χ1) is 8.37. The molecule has 1 amide bonds. The van der Waals surface area contributed by atoms with Crippen molar-refractivity contribution in [3.05, 3.63) is 0 Å². The molecule has 1 unspecified atom stereocenters. The van der Waals surface area contributed by atoms with Crippen LogP contribution in [0.3, 0.4) is 0 Å². The Hall–Kier alpha value is -1.10. The minimum atomic E-state index is -0.808. The van der Waals surface area contributed by atoms with Crippen molar-refractivity contribution in [2.24, 2.45) is 17.1 Å². The maximum Gasteiger partial charge on any atom is 0.311 e. The number of rotatable bonds is 6. The van der Waals surface area contributed by atoms with E-state index in [-0.39, 0.29) is 12.5 Å². The van der Waals surface area contributed by atoms with Gasteiger partial charge >= 0.3 is 5.97 Å². The third kappa shape index (κ3) is 3.70. The molecular formula is C13H24N2O3. The fourth-order valence-corrected chi connectivity index (χ4v) is 2.52. The van der Waals surface area contributed by atoms with Crippen LogP contribution in [0.25, 0.3) is 0 Å². The van der Waals surface area contributed by atoms with Gasteiger partial charge in [0.05, 0.1) is 11.5 Å². The lowest BCUT2D eigenvalue weighted by atomic mass is 9.86. The molecule has 0 spiro atoms. The largest absolute Gasteiger partial charge is 0.481 e. The summed E-state index contributed by atoms with van der Waals surface area (Å²) in [5.74, 6) is -0.695. The lowest BCUT2D eigenvalue weighted by Gasteiger charge is -2.25. The van der Waals surface area contributed by atoms with Crippen LogP contribution in [0, 0.1) is 11.3 Å². The second-order valence-corrected chi connectivity index (χ2v) is 5.75. The standard InChI is InChI=1S/C13H24N2O3/c1-9(2)7-10(14)11(16)15-8-13(12(17)18)5-3-4-6-13/h9-10H,3-8,14H2,1-2H3,(H,15,16)(H,17,18). The van der Waals surface area contributed by atoms with Crippen LogP contribution in [0.2, 0.25) is 0 Å². The van der Waals surface area contributed by atoms with Crippen LogP contribution in [-0.2, 0) is 9.59 Å². The Morgan fingerprint density at radius 2 is 1.89 bits per heavy atom. The van der Waals surface area contributed by atoms with Crippen molar-refractivity contribution in [3.8, 4) is 0 Å². The molecule has 0 aromatic heterocycles. The zero-order valence-corrected chi connectivity index (χ0v) is 11.2. The van der Waals surface area contributed by atoms with Gasteiger partial charge in [0.2, 0.25) is 5.91 Å². The van der Waals surface area contributed by atoms with Gasteiger partial charge in [-0.15, -0.1) is 0 Å². The molecule has 0 radical (unpaired) electrons. The molecule has 0 bridgehead atoms. The molecule has 1 aliphatic carbocycles. The average molecular weight is 256 g/mol. The van der Waals surface area contributed by atoms with Crippen molar-refractivity contribution in [3.63, 3.8) is 0 Å². The van der Waals surface area contributed by atoms with Gasteiger partial charge in [0, 0.05) is 6.54 Å². The van der Waals surface area contributed by atoms with E-state index >= 15 is 0 Å². The normalized spacial score (nSPS) is 19.8. The van der Waals surface area contributed by atoms with Crippen molar-refractivity contribution >= 4 is 11.9 Å². The number of hydrogen-bond acceptors (Lipinski definition) is 3. The van der Waals surface area contributed by atoms with Gasteiger partial charge in [-0.1, -0.05) is 26.7 Å². The van der Waals surface area contributed by atoms with E-state index in [1.807, 2.05) is 13.8 Å². The molecule has 0 saturated heterocycles. The first-order valence-electron chi connectivity index (χ1n) is 6.64. The SMILES string of the molecule is CC(C)CC(N)C(=O)NCC1(C(=O)O)CCCC1. The van der Waals surface area contributed by atoms with Crippen LogP contribution in [0.1, 0.15) is 46.0 Å². The summed E-state index contributed by atoms with van der Waals surface area (Å²) < 4.78 is 0. The number of carbonyl (C=O) groups is 2. The molecule has 0 heterocycles. The lowest BCUT2D eigenvalue weighted by Crippen LogP contribution is -2.47. The van der Waals surface area contributed by atoms with Crippen molar-refractivity contribution in [2.45, 2.75) is 52.0 Å². The van der Waals surface area contributed by atoms with Gasteiger partial charge in [0.25, 0.3) is 0 Å². The van der Waals surface area contributed by atoms with E-state index in [1.165, 1.54) is 0 Å². The average Bonchev–Trinajstić information content (AvgIpc) is 2.74. The summed E-state index contributed by atoms with van der Waals surface area (Å²) in [4.78, 5) is 23.1. The van der Waals surface area contributed by atoms with Crippen LogP contribution < -0.4 is 11.1 Å². The van der Waals surface area contributed by atoms with Gasteiger partial charge in [-0.3, -0.25) is 9.59 Å². The zero-order valence-electron chi connectivity index (χ0n) is 11.2. The number of amides is 1. The first kappa shape index (κ1) is 15.0. The fourth-order valence-electron chi connectivity index (χ4n) is 2.52. The highest BCUT2D eigenvalue weighted by atomic mass is 16.4. The number of carboxylic acids is 1. The molecule has 1 aliphatic rings. The summed E-state index contributed by atoms with van der Waals surface area (Å²) in [5.41, 5.74) is 4.99. The number of nitrogens with two attached hydrogens (primary N) is 1. The highest BCUT2D eigenvalue weighted by Gasteiger charge is 2.41. The van der Waals surface area contributed by atoms with Gasteiger partial charge in [0.1, 0.15) is 0 Å². The Morgan fingerprint density at radius 1 is 1.33 bits per heavy atom. The van der Waals surface area contributed by atoms with Crippen molar-refractivity contribution in [2.75, 3.05) is 6.54 Å². The van der Waals surface area contributed by atoms with Gasteiger partial charge < -0.3 is 16.2 Å². The van der Waals surface area contributed by atoms with Gasteiger partial charge in [-0.25, -0.2) is 0 Å². The van der Waals surface area contributed by atoms with Gasteiger partial charge in [-0.05, 0) is 25.2 Å². The minimum absolute atomic E-state index is 0.201. The van der Waals surface area contributed by atoms with E-state index in [0.717, 1.165) is 12.8 Å². The van der Waals surface area contributed by atoms with Crippen LogP contribution >= 0.6 is 0 Å². The second-order valence-electron chi connectivity index (χ2n) is 5.75. The second kappa shape index (κ2) is 6.18. The smallest absolute Gasteiger partial charge is 0.311 e. The summed E-state index contributed by atoms with van der Waals surface area (Å²) in [5, 5.41) is 12.0. The third-order valence-corrected chi connectivity index (χ3v) is 3.68. The maximum atomic E-state index is 11.8. The molecule has 1 fully saturated rings. The Kier molecular flexibility index (Phi) is 5.14. The van der Waals surface area contributed by atoms with Gasteiger partial charge in [-0.2, -0.15) is 0 Å². The van der Waals surface area contributed by atoms with Crippen molar-refractivity contribution < 1.29 is 14.7 Å². The van der Waals surface area contributed by atoms with Crippen molar-refractivity contribution in [1.82, 2.24) is 5.32 Å². The molecule has 1 rings (SSSR count). The Morgan fingerprint density at radius 3 is 2.33 bits per heavy atom. The van der Waals surface area contributed by atoms with E-state index < -0.39 is 17.4 Å². The molecule has 4 N–H and O–H groups in total. The first-order valence-corrected chi connectivity index (χ1v) is 6.64.